The van der Waals surface area contributed by atoms with Crippen molar-refractivity contribution in [2.24, 2.45) is 5.92 Å². The molecule has 21 heavy (non-hydrogen) atoms. The van der Waals surface area contributed by atoms with Gasteiger partial charge in [0.15, 0.2) is 5.78 Å². The number of benzene rings is 1. The molecule has 0 radical (unpaired) electrons. The van der Waals surface area contributed by atoms with Crippen molar-refractivity contribution >= 4 is 11.8 Å². The van der Waals surface area contributed by atoms with Crippen LogP contribution in [0.1, 0.15) is 41.3 Å². The summed E-state index contributed by atoms with van der Waals surface area (Å²) in [5.41, 5.74) is 2.93. The van der Waals surface area contributed by atoms with E-state index < -0.39 is 5.97 Å². The van der Waals surface area contributed by atoms with E-state index in [2.05, 4.69) is 4.90 Å². The molecule has 0 spiro atoms. The summed E-state index contributed by atoms with van der Waals surface area (Å²) in [6, 6.07) is 5.69. The number of carbonyl (C=O) groups is 2. The number of rotatable bonds is 4. The Morgan fingerprint density at radius 3 is 2.38 bits per heavy atom. The highest BCUT2D eigenvalue weighted by atomic mass is 16.4. The maximum Gasteiger partial charge on any atom is 0.306 e. The second-order valence-corrected chi connectivity index (χ2v) is 6.01. The van der Waals surface area contributed by atoms with Crippen LogP contribution in [-0.2, 0) is 4.79 Å². The minimum absolute atomic E-state index is 0.126. The van der Waals surface area contributed by atoms with Gasteiger partial charge in [-0.05, 0) is 52.3 Å². The molecular formula is C17H23NO3. The summed E-state index contributed by atoms with van der Waals surface area (Å²) in [5.74, 6) is -0.853. The first-order valence-corrected chi connectivity index (χ1v) is 7.48. The third-order valence-electron chi connectivity index (χ3n) is 4.45. The van der Waals surface area contributed by atoms with Gasteiger partial charge in [-0.1, -0.05) is 23.8 Å². The van der Waals surface area contributed by atoms with E-state index in [1.165, 1.54) is 0 Å². The first kappa shape index (κ1) is 15.7. The molecule has 1 saturated heterocycles. The molecular weight excluding hydrogens is 266 g/mol. The fourth-order valence-corrected chi connectivity index (χ4v) is 3.01. The SMILES string of the molecule is Cc1ccc(C(=O)C(C)N2CCC(C(=O)O)CC2)c(C)c1. The summed E-state index contributed by atoms with van der Waals surface area (Å²) in [5, 5.41) is 9.03. The third-order valence-corrected chi connectivity index (χ3v) is 4.45. The van der Waals surface area contributed by atoms with Crippen molar-refractivity contribution in [2.75, 3.05) is 13.1 Å². The Morgan fingerprint density at radius 1 is 1.24 bits per heavy atom. The number of carboxylic acids is 1. The van der Waals surface area contributed by atoms with E-state index >= 15 is 0 Å². The van der Waals surface area contributed by atoms with E-state index in [0.29, 0.717) is 25.9 Å². The first-order valence-electron chi connectivity index (χ1n) is 7.48. The quantitative estimate of drug-likeness (QED) is 0.866. The van der Waals surface area contributed by atoms with Crippen molar-refractivity contribution in [3.63, 3.8) is 0 Å². The van der Waals surface area contributed by atoms with E-state index in [-0.39, 0.29) is 17.7 Å². The van der Waals surface area contributed by atoms with Crippen LogP contribution in [0.2, 0.25) is 0 Å². The van der Waals surface area contributed by atoms with Crippen LogP contribution in [0.5, 0.6) is 0 Å². The largest absolute Gasteiger partial charge is 0.481 e. The molecule has 1 aromatic carbocycles. The minimum Gasteiger partial charge on any atom is -0.481 e. The molecule has 1 aromatic rings. The Kier molecular flexibility index (Phi) is 4.78. The van der Waals surface area contributed by atoms with E-state index in [4.69, 9.17) is 5.11 Å². The average Bonchev–Trinajstić information content (AvgIpc) is 2.46. The van der Waals surface area contributed by atoms with Crippen LogP contribution >= 0.6 is 0 Å². The number of aryl methyl sites for hydroxylation is 2. The lowest BCUT2D eigenvalue weighted by molar-refractivity contribution is -0.143. The molecule has 1 aliphatic heterocycles. The molecule has 1 aliphatic rings. The summed E-state index contributed by atoms with van der Waals surface area (Å²) in [6.45, 7) is 7.25. The van der Waals surface area contributed by atoms with Gasteiger partial charge in [0.1, 0.15) is 0 Å². The molecule has 0 bridgehead atoms. The van der Waals surface area contributed by atoms with Crippen molar-refractivity contribution in [3.05, 3.63) is 34.9 Å². The van der Waals surface area contributed by atoms with Crippen LogP contribution in [0.25, 0.3) is 0 Å². The summed E-state index contributed by atoms with van der Waals surface area (Å²) in [7, 11) is 0. The third kappa shape index (κ3) is 3.50. The number of likely N-dealkylation sites (tertiary alicyclic amines) is 1. The fraction of sp³-hybridized carbons (Fsp3) is 0.529. The molecule has 1 unspecified atom stereocenters. The van der Waals surface area contributed by atoms with E-state index in [9.17, 15) is 9.59 Å². The van der Waals surface area contributed by atoms with E-state index in [0.717, 1.165) is 16.7 Å². The van der Waals surface area contributed by atoms with Gasteiger partial charge < -0.3 is 5.11 Å². The van der Waals surface area contributed by atoms with Crippen molar-refractivity contribution < 1.29 is 14.7 Å². The fourth-order valence-electron chi connectivity index (χ4n) is 3.01. The maximum absolute atomic E-state index is 12.6. The average molecular weight is 289 g/mol. The van der Waals surface area contributed by atoms with Gasteiger partial charge in [0.2, 0.25) is 0 Å². The Labute approximate surface area is 125 Å². The highest BCUT2D eigenvalue weighted by molar-refractivity contribution is 6.01. The normalized spacial score (nSPS) is 18.4. The van der Waals surface area contributed by atoms with Gasteiger partial charge in [-0.15, -0.1) is 0 Å². The van der Waals surface area contributed by atoms with Crippen LogP contribution in [-0.4, -0.2) is 40.9 Å². The molecule has 0 aromatic heterocycles. The zero-order valence-electron chi connectivity index (χ0n) is 12.9. The summed E-state index contributed by atoms with van der Waals surface area (Å²) >= 11 is 0. The van der Waals surface area contributed by atoms with Gasteiger partial charge in [-0.3, -0.25) is 14.5 Å². The van der Waals surface area contributed by atoms with Gasteiger partial charge in [0, 0.05) is 5.56 Å². The van der Waals surface area contributed by atoms with Gasteiger partial charge in [0.05, 0.1) is 12.0 Å². The molecule has 0 aliphatic carbocycles. The van der Waals surface area contributed by atoms with Crippen molar-refractivity contribution in [3.8, 4) is 0 Å². The lowest BCUT2D eigenvalue weighted by Gasteiger charge is -2.34. The highest BCUT2D eigenvalue weighted by Crippen LogP contribution is 2.22. The number of piperidine rings is 1. The van der Waals surface area contributed by atoms with Crippen LogP contribution < -0.4 is 0 Å². The minimum atomic E-state index is -0.719. The van der Waals surface area contributed by atoms with Crippen LogP contribution in [0.4, 0.5) is 0 Å². The number of Topliss-reactive ketones (excluding diaryl/α,β-unsaturated/α-hetero) is 1. The second kappa shape index (κ2) is 6.39. The summed E-state index contributed by atoms with van der Waals surface area (Å²) in [6.07, 6.45) is 1.25. The number of hydrogen-bond donors (Lipinski definition) is 1. The zero-order valence-corrected chi connectivity index (χ0v) is 12.9. The highest BCUT2D eigenvalue weighted by Gasteiger charge is 2.30. The molecule has 1 atom stereocenters. The Bertz CT molecular complexity index is 545. The summed E-state index contributed by atoms with van der Waals surface area (Å²) < 4.78 is 0. The van der Waals surface area contributed by atoms with E-state index in [1.54, 1.807) is 0 Å². The monoisotopic (exact) mass is 289 g/mol. The Balaban J connectivity index is 2.05. The molecule has 0 amide bonds. The Hall–Kier alpha value is -1.68. The predicted molar refractivity (Wildman–Crippen MR) is 81.6 cm³/mol. The van der Waals surface area contributed by atoms with Gasteiger partial charge in [0.25, 0.3) is 0 Å². The first-order chi connectivity index (χ1) is 9.90. The van der Waals surface area contributed by atoms with Gasteiger partial charge in [-0.25, -0.2) is 0 Å². The maximum atomic E-state index is 12.6. The zero-order chi connectivity index (χ0) is 15.6. The number of aliphatic carboxylic acids is 1. The number of nitrogens with zero attached hydrogens (tertiary/aromatic N) is 1. The molecule has 114 valence electrons. The number of carbonyl (C=O) groups excluding carboxylic acids is 1. The molecule has 0 saturated carbocycles. The van der Waals surface area contributed by atoms with Gasteiger partial charge >= 0.3 is 5.97 Å². The topological polar surface area (TPSA) is 57.6 Å². The lowest BCUT2D eigenvalue weighted by Crippen LogP contribution is -2.45. The molecule has 2 rings (SSSR count). The van der Waals surface area contributed by atoms with Crippen molar-refractivity contribution in [2.45, 2.75) is 39.7 Å². The van der Waals surface area contributed by atoms with E-state index in [1.807, 2.05) is 39.0 Å². The van der Waals surface area contributed by atoms with Crippen LogP contribution in [0.15, 0.2) is 18.2 Å². The molecule has 1 N–H and O–H groups in total. The molecule has 4 nitrogen and oxygen atoms in total. The smallest absolute Gasteiger partial charge is 0.306 e. The number of ketones is 1. The number of hydrogen-bond acceptors (Lipinski definition) is 3. The molecule has 1 fully saturated rings. The lowest BCUT2D eigenvalue weighted by atomic mass is 9.93. The van der Waals surface area contributed by atoms with Crippen LogP contribution in [0.3, 0.4) is 0 Å². The summed E-state index contributed by atoms with van der Waals surface area (Å²) in [4.78, 5) is 25.7. The number of carboxylic acid groups (broad SMARTS) is 1. The second-order valence-electron chi connectivity index (χ2n) is 6.01. The standard InChI is InChI=1S/C17H23NO3/c1-11-4-5-15(12(2)10-11)16(19)13(3)18-8-6-14(7-9-18)17(20)21/h4-5,10,13-14H,6-9H2,1-3H3,(H,20,21). The van der Waals surface area contributed by atoms with Crippen LogP contribution in [0, 0.1) is 19.8 Å². The van der Waals surface area contributed by atoms with Gasteiger partial charge in [-0.2, -0.15) is 0 Å². The predicted octanol–water partition coefficient (Wildman–Crippen LogP) is 2.67. The Morgan fingerprint density at radius 2 is 1.86 bits per heavy atom. The molecule has 4 heteroatoms. The van der Waals surface area contributed by atoms with Crippen molar-refractivity contribution in [1.29, 1.82) is 0 Å². The van der Waals surface area contributed by atoms with Crippen molar-refractivity contribution in [1.82, 2.24) is 4.90 Å². The molecule has 1 heterocycles.